The highest BCUT2D eigenvalue weighted by Gasteiger charge is 2.39. The average molecular weight is 332 g/mol. The molecule has 2 aromatic rings. The second-order valence-corrected chi connectivity index (χ2v) is 6.23. The first-order valence-corrected chi connectivity index (χ1v) is 8.00. The number of aromatic nitrogens is 1. The summed E-state index contributed by atoms with van der Waals surface area (Å²) in [4.78, 5) is 16.1. The van der Waals surface area contributed by atoms with E-state index in [2.05, 4.69) is 4.98 Å². The third kappa shape index (κ3) is 2.88. The first-order valence-electron chi connectivity index (χ1n) is 6.59. The predicted molar refractivity (Wildman–Crippen MR) is 79.0 cm³/mol. The van der Waals surface area contributed by atoms with Gasteiger partial charge in [-0.3, -0.25) is 9.78 Å². The SMILES string of the molecule is NC1=C(OS(=O)(=O)c2ccccc2)C(=O)C(c2ccncc2)O1. The summed E-state index contributed by atoms with van der Waals surface area (Å²) in [6.07, 6.45) is 1.93. The van der Waals surface area contributed by atoms with Crippen molar-refractivity contribution in [1.82, 2.24) is 4.98 Å². The largest absolute Gasteiger partial charge is 0.460 e. The Morgan fingerprint density at radius 3 is 2.39 bits per heavy atom. The van der Waals surface area contributed by atoms with Crippen LogP contribution in [0.4, 0.5) is 0 Å². The Morgan fingerprint density at radius 2 is 1.74 bits per heavy atom. The van der Waals surface area contributed by atoms with E-state index in [4.69, 9.17) is 14.7 Å². The maximum Gasteiger partial charge on any atom is 0.339 e. The van der Waals surface area contributed by atoms with E-state index >= 15 is 0 Å². The molecule has 8 heteroatoms. The zero-order chi connectivity index (χ0) is 16.4. The summed E-state index contributed by atoms with van der Waals surface area (Å²) in [5, 5.41) is 0. The Morgan fingerprint density at radius 1 is 1.09 bits per heavy atom. The summed E-state index contributed by atoms with van der Waals surface area (Å²) in [7, 11) is -4.17. The molecule has 0 spiro atoms. The summed E-state index contributed by atoms with van der Waals surface area (Å²) in [6, 6.07) is 10.6. The maximum atomic E-state index is 12.4. The molecule has 7 nitrogen and oxygen atoms in total. The normalized spacial score (nSPS) is 17.9. The van der Waals surface area contributed by atoms with Crippen molar-refractivity contribution in [3.05, 3.63) is 72.1 Å². The van der Waals surface area contributed by atoms with Gasteiger partial charge in [-0.05, 0) is 24.3 Å². The number of pyridine rings is 1. The van der Waals surface area contributed by atoms with Crippen LogP contribution in [-0.2, 0) is 23.8 Å². The van der Waals surface area contributed by atoms with Gasteiger partial charge in [0.05, 0.1) is 0 Å². The zero-order valence-electron chi connectivity index (χ0n) is 11.7. The van der Waals surface area contributed by atoms with Crippen molar-refractivity contribution in [3.63, 3.8) is 0 Å². The van der Waals surface area contributed by atoms with E-state index in [9.17, 15) is 13.2 Å². The molecular weight excluding hydrogens is 320 g/mol. The lowest BCUT2D eigenvalue weighted by molar-refractivity contribution is -0.123. The minimum absolute atomic E-state index is 0.0829. The first kappa shape index (κ1) is 15.0. The van der Waals surface area contributed by atoms with E-state index in [-0.39, 0.29) is 10.8 Å². The second-order valence-electron chi connectivity index (χ2n) is 4.69. The molecular formula is C15H12N2O5S. The third-order valence-electron chi connectivity index (χ3n) is 3.16. The smallest absolute Gasteiger partial charge is 0.339 e. The molecule has 0 saturated heterocycles. The monoisotopic (exact) mass is 332 g/mol. The summed E-state index contributed by atoms with van der Waals surface area (Å²) in [5.41, 5.74) is 6.12. The van der Waals surface area contributed by atoms with Crippen molar-refractivity contribution >= 4 is 15.9 Å². The number of nitrogens with two attached hydrogens (primary N) is 1. The van der Waals surface area contributed by atoms with Crippen molar-refractivity contribution in [2.75, 3.05) is 0 Å². The number of Topliss-reactive ketones (excluding diaryl/α,β-unsaturated/α-hetero) is 1. The molecule has 1 atom stereocenters. The van der Waals surface area contributed by atoms with E-state index in [0.717, 1.165) is 0 Å². The minimum atomic E-state index is -4.17. The quantitative estimate of drug-likeness (QED) is 0.839. The number of rotatable bonds is 4. The van der Waals surface area contributed by atoms with Gasteiger partial charge >= 0.3 is 10.1 Å². The lowest BCUT2D eigenvalue weighted by Crippen LogP contribution is -2.15. The second kappa shape index (κ2) is 5.73. The molecule has 3 rings (SSSR count). The van der Waals surface area contributed by atoms with Crippen molar-refractivity contribution in [2.24, 2.45) is 5.73 Å². The molecule has 2 heterocycles. The highest BCUT2D eigenvalue weighted by atomic mass is 32.2. The zero-order valence-corrected chi connectivity index (χ0v) is 12.6. The van der Waals surface area contributed by atoms with Crippen LogP contribution in [0.15, 0.2) is 71.4 Å². The number of benzene rings is 1. The highest BCUT2D eigenvalue weighted by molar-refractivity contribution is 7.86. The van der Waals surface area contributed by atoms with Gasteiger partial charge < -0.3 is 14.7 Å². The van der Waals surface area contributed by atoms with Gasteiger partial charge in [0.15, 0.2) is 6.10 Å². The van der Waals surface area contributed by atoms with E-state index < -0.39 is 27.8 Å². The van der Waals surface area contributed by atoms with Crippen molar-refractivity contribution < 1.29 is 22.1 Å². The molecule has 1 aromatic heterocycles. The van der Waals surface area contributed by atoms with Gasteiger partial charge in [0, 0.05) is 18.0 Å². The Bertz CT molecular complexity index is 863. The molecule has 2 N–H and O–H groups in total. The number of carbonyl (C=O) groups is 1. The fourth-order valence-corrected chi connectivity index (χ4v) is 3.03. The Hall–Kier alpha value is -2.87. The van der Waals surface area contributed by atoms with Crippen molar-refractivity contribution in [3.8, 4) is 0 Å². The van der Waals surface area contributed by atoms with Crippen LogP contribution in [-0.4, -0.2) is 19.2 Å². The van der Waals surface area contributed by atoms with E-state index in [1.807, 2.05) is 0 Å². The van der Waals surface area contributed by atoms with E-state index in [1.165, 1.54) is 24.5 Å². The first-order chi connectivity index (χ1) is 11.0. The number of ether oxygens (including phenoxy) is 1. The lowest BCUT2D eigenvalue weighted by Gasteiger charge is -2.09. The van der Waals surface area contributed by atoms with E-state index in [0.29, 0.717) is 5.56 Å². The molecule has 0 amide bonds. The standard InChI is InChI=1S/C15H12N2O5S/c16-15-14(22-23(19,20)11-4-2-1-3-5-11)12(18)13(21-15)10-6-8-17-9-7-10/h1-9,13H,16H2. The van der Waals surface area contributed by atoms with Gasteiger partial charge in [-0.2, -0.15) is 8.42 Å². The highest BCUT2D eigenvalue weighted by Crippen LogP contribution is 2.32. The Balaban J connectivity index is 1.87. The molecule has 0 radical (unpaired) electrons. The molecule has 1 aliphatic heterocycles. The van der Waals surface area contributed by atoms with Gasteiger partial charge in [-0.25, -0.2) is 0 Å². The van der Waals surface area contributed by atoms with Crippen LogP contribution in [0.3, 0.4) is 0 Å². The molecule has 23 heavy (non-hydrogen) atoms. The summed E-state index contributed by atoms with van der Waals surface area (Å²) in [5.74, 6) is -1.54. The van der Waals surface area contributed by atoms with Crippen LogP contribution in [0.1, 0.15) is 11.7 Å². The third-order valence-corrected chi connectivity index (χ3v) is 4.40. The Kier molecular flexibility index (Phi) is 3.75. The van der Waals surface area contributed by atoms with Crippen LogP contribution in [0.25, 0.3) is 0 Å². The summed E-state index contributed by atoms with van der Waals surface area (Å²) < 4.78 is 34.5. The Labute approximate surface area is 132 Å². The number of hydrogen-bond donors (Lipinski definition) is 1. The number of hydrogen-bond acceptors (Lipinski definition) is 7. The molecule has 0 fully saturated rings. The fourth-order valence-electron chi connectivity index (χ4n) is 2.06. The molecule has 118 valence electrons. The van der Waals surface area contributed by atoms with Gasteiger partial charge in [0.1, 0.15) is 4.90 Å². The van der Waals surface area contributed by atoms with Crippen LogP contribution < -0.4 is 5.73 Å². The molecule has 1 unspecified atom stereocenters. The van der Waals surface area contributed by atoms with Gasteiger partial charge in [0.2, 0.25) is 17.4 Å². The van der Waals surface area contributed by atoms with Crippen LogP contribution in [0.2, 0.25) is 0 Å². The van der Waals surface area contributed by atoms with Crippen LogP contribution in [0, 0.1) is 0 Å². The van der Waals surface area contributed by atoms with Crippen LogP contribution in [0.5, 0.6) is 0 Å². The molecule has 1 aromatic carbocycles. The van der Waals surface area contributed by atoms with Crippen molar-refractivity contribution in [2.45, 2.75) is 11.0 Å². The molecule has 1 aliphatic rings. The average Bonchev–Trinajstić information content (AvgIpc) is 2.84. The fraction of sp³-hybridized carbons (Fsp3) is 0.0667. The topological polar surface area (TPSA) is 109 Å². The minimum Gasteiger partial charge on any atom is -0.460 e. The molecule has 0 saturated carbocycles. The number of ketones is 1. The summed E-state index contributed by atoms with van der Waals surface area (Å²) >= 11 is 0. The number of nitrogens with zero attached hydrogens (tertiary/aromatic N) is 1. The summed E-state index contributed by atoms with van der Waals surface area (Å²) in [6.45, 7) is 0. The van der Waals surface area contributed by atoms with Crippen molar-refractivity contribution in [1.29, 1.82) is 0 Å². The van der Waals surface area contributed by atoms with Gasteiger partial charge in [-0.1, -0.05) is 18.2 Å². The molecule has 0 aliphatic carbocycles. The predicted octanol–water partition coefficient (Wildman–Crippen LogP) is 1.26. The molecule has 0 bridgehead atoms. The van der Waals surface area contributed by atoms with E-state index in [1.54, 1.807) is 30.3 Å². The maximum absolute atomic E-state index is 12.4. The lowest BCUT2D eigenvalue weighted by atomic mass is 10.1. The van der Waals surface area contributed by atoms with Crippen LogP contribution >= 0.6 is 0 Å². The van der Waals surface area contributed by atoms with Gasteiger partial charge in [0.25, 0.3) is 0 Å². The van der Waals surface area contributed by atoms with Gasteiger partial charge in [-0.15, -0.1) is 0 Å². The number of carbonyl (C=O) groups excluding carboxylic acids is 1.